The minimum Gasteiger partial charge on any atom is -0.344 e. The Morgan fingerprint density at radius 2 is 1.89 bits per heavy atom. The van der Waals surface area contributed by atoms with E-state index in [1.807, 2.05) is 0 Å². The van der Waals surface area contributed by atoms with Gasteiger partial charge in [0.05, 0.1) is 11.7 Å². The van der Waals surface area contributed by atoms with Crippen LogP contribution in [0.15, 0.2) is 48.5 Å². The third-order valence-corrected chi connectivity index (χ3v) is 4.14. The summed E-state index contributed by atoms with van der Waals surface area (Å²) in [5, 5.41) is 9.66. The van der Waals surface area contributed by atoms with Gasteiger partial charge in [-0.3, -0.25) is 4.79 Å². The van der Waals surface area contributed by atoms with Crippen molar-refractivity contribution in [1.29, 1.82) is 0 Å². The van der Waals surface area contributed by atoms with Crippen molar-refractivity contribution >= 4 is 17.5 Å². The van der Waals surface area contributed by atoms with E-state index < -0.39 is 35.3 Å². The summed E-state index contributed by atoms with van der Waals surface area (Å²) in [4.78, 5) is 12.5. The Kier molecular flexibility index (Phi) is 5.37. The average molecular weight is 413 g/mol. The molecule has 0 saturated carbocycles. The van der Waals surface area contributed by atoms with Gasteiger partial charge < -0.3 is 5.32 Å². The number of nitrogens with one attached hydrogen (secondary N) is 1. The average Bonchev–Trinajstić information content (AvgIpc) is 3.07. The van der Waals surface area contributed by atoms with Crippen LogP contribution >= 0.6 is 11.6 Å². The molecule has 1 unspecified atom stereocenters. The minimum atomic E-state index is -4.94. The summed E-state index contributed by atoms with van der Waals surface area (Å²) in [7, 11) is 0. The Morgan fingerprint density at radius 1 is 1.18 bits per heavy atom. The van der Waals surface area contributed by atoms with Gasteiger partial charge in [0.2, 0.25) is 0 Å². The molecule has 0 spiro atoms. The van der Waals surface area contributed by atoms with Gasteiger partial charge in [-0.2, -0.15) is 13.2 Å². The number of rotatable bonds is 4. The second-order valence-corrected chi connectivity index (χ2v) is 6.36. The first kappa shape index (κ1) is 19.8. The SMILES string of the molecule is CC(NC(=O)c1nnn(-c2cccc(F)c2)c1C(F)(F)F)c1cccc(Cl)c1. The van der Waals surface area contributed by atoms with Gasteiger partial charge in [-0.05, 0) is 42.8 Å². The maximum absolute atomic E-state index is 13.6. The number of aromatic nitrogens is 3. The maximum Gasteiger partial charge on any atom is 0.435 e. The number of carbonyl (C=O) groups is 1. The third kappa shape index (κ3) is 4.14. The molecule has 1 amide bonds. The Bertz CT molecular complexity index is 1020. The van der Waals surface area contributed by atoms with E-state index in [4.69, 9.17) is 11.6 Å². The van der Waals surface area contributed by atoms with Crippen molar-refractivity contribution in [2.45, 2.75) is 19.1 Å². The van der Waals surface area contributed by atoms with Gasteiger partial charge in [0.15, 0.2) is 11.4 Å². The smallest absolute Gasteiger partial charge is 0.344 e. The maximum atomic E-state index is 13.6. The number of hydrogen-bond acceptors (Lipinski definition) is 3. The van der Waals surface area contributed by atoms with E-state index in [0.717, 1.165) is 12.1 Å². The van der Waals surface area contributed by atoms with Crippen LogP contribution in [0, 0.1) is 5.82 Å². The molecule has 1 aromatic heterocycles. The van der Waals surface area contributed by atoms with Crippen molar-refractivity contribution in [3.05, 3.63) is 76.3 Å². The van der Waals surface area contributed by atoms with Crippen LogP contribution in [0.3, 0.4) is 0 Å². The zero-order chi connectivity index (χ0) is 20.5. The highest BCUT2D eigenvalue weighted by molar-refractivity contribution is 6.30. The van der Waals surface area contributed by atoms with Crippen molar-refractivity contribution in [2.75, 3.05) is 0 Å². The summed E-state index contributed by atoms with van der Waals surface area (Å²) in [5.41, 5.74) is -1.91. The first-order valence-electron chi connectivity index (χ1n) is 8.02. The van der Waals surface area contributed by atoms with E-state index in [1.165, 1.54) is 12.1 Å². The van der Waals surface area contributed by atoms with Crippen LogP contribution in [0.5, 0.6) is 0 Å². The molecule has 0 aliphatic rings. The van der Waals surface area contributed by atoms with Crippen LogP contribution in [0.25, 0.3) is 5.69 Å². The number of nitrogens with zero attached hydrogens (tertiary/aromatic N) is 3. The van der Waals surface area contributed by atoms with Gasteiger partial charge in [-0.1, -0.05) is 35.0 Å². The van der Waals surface area contributed by atoms with Crippen molar-refractivity contribution in [1.82, 2.24) is 20.3 Å². The lowest BCUT2D eigenvalue weighted by Gasteiger charge is -2.15. The van der Waals surface area contributed by atoms with E-state index in [-0.39, 0.29) is 5.69 Å². The largest absolute Gasteiger partial charge is 0.435 e. The molecule has 0 saturated heterocycles. The number of alkyl halides is 3. The molecular formula is C18H13ClF4N4O. The van der Waals surface area contributed by atoms with E-state index >= 15 is 0 Å². The molecule has 1 N–H and O–H groups in total. The van der Waals surface area contributed by atoms with Gasteiger partial charge >= 0.3 is 6.18 Å². The zero-order valence-electron chi connectivity index (χ0n) is 14.3. The van der Waals surface area contributed by atoms with Crippen LogP contribution < -0.4 is 5.32 Å². The minimum absolute atomic E-state index is 0.207. The highest BCUT2D eigenvalue weighted by atomic mass is 35.5. The van der Waals surface area contributed by atoms with Gasteiger partial charge in [-0.25, -0.2) is 9.07 Å². The zero-order valence-corrected chi connectivity index (χ0v) is 15.1. The quantitative estimate of drug-likeness (QED) is 0.639. The number of halogens is 5. The molecule has 10 heteroatoms. The molecule has 0 radical (unpaired) electrons. The van der Waals surface area contributed by atoms with Crippen molar-refractivity contribution in [3.8, 4) is 5.69 Å². The molecule has 0 bridgehead atoms. The van der Waals surface area contributed by atoms with Crippen LogP contribution in [0.1, 0.15) is 34.7 Å². The molecule has 3 aromatic rings. The predicted molar refractivity (Wildman–Crippen MR) is 93.7 cm³/mol. The number of carbonyl (C=O) groups excluding carboxylic acids is 1. The lowest BCUT2D eigenvalue weighted by molar-refractivity contribution is -0.143. The fourth-order valence-electron chi connectivity index (χ4n) is 2.60. The van der Waals surface area contributed by atoms with Crippen LogP contribution in [-0.4, -0.2) is 20.9 Å². The first-order chi connectivity index (χ1) is 13.2. The van der Waals surface area contributed by atoms with E-state index in [0.29, 0.717) is 15.3 Å². The molecule has 0 aliphatic carbocycles. The molecule has 5 nitrogen and oxygen atoms in total. The van der Waals surface area contributed by atoms with Crippen LogP contribution in [0.4, 0.5) is 17.6 Å². The molecule has 1 heterocycles. The summed E-state index contributed by atoms with van der Waals surface area (Å²) in [6.07, 6.45) is -4.94. The summed E-state index contributed by atoms with van der Waals surface area (Å²) in [5.74, 6) is -1.82. The lowest BCUT2D eigenvalue weighted by atomic mass is 10.1. The molecule has 28 heavy (non-hydrogen) atoms. The highest BCUT2D eigenvalue weighted by Gasteiger charge is 2.42. The second kappa shape index (κ2) is 7.59. The van der Waals surface area contributed by atoms with Gasteiger partial charge in [0.1, 0.15) is 5.82 Å². The summed E-state index contributed by atoms with van der Waals surface area (Å²) < 4.78 is 54.6. The van der Waals surface area contributed by atoms with E-state index in [9.17, 15) is 22.4 Å². The highest BCUT2D eigenvalue weighted by Crippen LogP contribution is 2.33. The molecular weight excluding hydrogens is 400 g/mol. The lowest BCUT2D eigenvalue weighted by Crippen LogP contribution is -2.29. The first-order valence-corrected chi connectivity index (χ1v) is 8.40. The summed E-state index contributed by atoms with van der Waals surface area (Å²) in [6, 6.07) is 10.3. The Labute approximate surface area is 161 Å². The van der Waals surface area contributed by atoms with E-state index in [2.05, 4.69) is 15.6 Å². The predicted octanol–water partition coefficient (Wildman–Crippen LogP) is 4.57. The van der Waals surface area contributed by atoms with E-state index in [1.54, 1.807) is 31.2 Å². The fourth-order valence-corrected chi connectivity index (χ4v) is 2.80. The summed E-state index contributed by atoms with van der Waals surface area (Å²) >= 11 is 5.89. The van der Waals surface area contributed by atoms with Crippen LogP contribution in [0.2, 0.25) is 5.02 Å². The normalized spacial score (nSPS) is 12.6. The third-order valence-electron chi connectivity index (χ3n) is 3.90. The molecule has 2 aromatic carbocycles. The molecule has 0 aliphatic heterocycles. The van der Waals surface area contributed by atoms with Gasteiger partial charge in [0.25, 0.3) is 5.91 Å². The second-order valence-electron chi connectivity index (χ2n) is 5.93. The number of amides is 1. The topological polar surface area (TPSA) is 59.8 Å². The van der Waals surface area contributed by atoms with Gasteiger partial charge in [0, 0.05) is 5.02 Å². The Balaban J connectivity index is 1.96. The Hall–Kier alpha value is -2.94. The number of hydrogen-bond donors (Lipinski definition) is 1. The Morgan fingerprint density at radius 3 is 2.54 bits per heavy atom. The van der Waals surface area contributed by atoms with Crippen molar-refractivity contribution < 1.29 is 22.4 Å². The number of benzene rings is 2. The molecule has 0 fully saturated rings. The van der Waals surface area contributed by atoms with Crippen LogP contribution in [-0.2, 0) is 6.18 Å². The fraction of sp³-hybridized carbons (Fsp3) is 0.167. The molecule has 1 atom stereocenters. The standard InChI is InChI=1S/C18H13ClF4N4O/c1-10(11-4-2-5-12(19)8-11)24-17(28)15-16(18(21,22)23)27(26-25-15)14-7-3-6-13(20)9-14/h2-10H,1H3,(H,24,28). The van der Waals surface area contributed by atoms with Crippen molar-refractivity contribution in [3.63, 3.8) is 0 Å². The summed E-state index contributed by atoms with van der Waals surface area (Å²) in [6.45, 7) is 1.59. The van der Waals surface area contributed by atoms with Crippen molar-refractivity contribution in [2.24, 2.45) is 0 Å². The monoisotopic (exact) mass is 412 g/mol. The van der Waals surface area contributed by atoms with Gasteiger partial charge in [-0.15, -0.1) is 5.10 Å². The molecule has 3 rings (SSSR count). The molecule has 146 valence electrons.